The minimum absolute atomic E-state index is 0.278. The summed E-state index contributed by atoms with van der Waals surface area (Å²) in [5, 5.41) is 0. The standard InChI is InChI=1S/C21H26N2O6/c1-5-9-29-18-8-7-14(12-19(18)28-6-2)20(24)22-23-21(25)15-10-16(26-3)13-17(11-15)27-4/h7-8,10-13H,5-6,9H2,1-4H3,(H,22,24)(H,23,25). The molecule has 2 N–H and O–H groups in total. The summed E-state index contributed by atoms with van der Waals surface area (Å²) in [5.41, 5.74) is 5.36. The monoisotopic (exact) mass is 402 g/mol. The van der Waals surface area contributed by atoms with Crippen LogP contribution < -0.4 is 29.8 Å². The van der Waals surface area contributed by atoms with E-state index < -0.39 is 11.8 Å². The number of methoxy groups -OCH3 is 2. The first kappa shape index (κ1) is 21.9. The Labute approximate surface area is 170 Å². The molecular weight excluding hydrogens is 376 g/mol. The Kier molecular flexibility index (Phi) is 8.14. The average molecular weight is 402 g/mol. The fourth-order valence-electron chi connectivity index (χ4n) is 2.45. The molecule has 0 aliphatic carbocycles. The first-order chi connectivity index (χ1) is 14.0. The second-order valence-corrected chi connectivity index (χ2v) is 5.95. The van der Waals surface area contributed by atoms with E-state index >= 15 is 0 Å². The minimum Gasteiger partial charge on any atom is -0.497 e. The summed E-state index contributed by atoms with van der Waals surface area (Å²) in [6, 6.07) is 9.57. The lowest BCUT2D eigenvalue weighted by Crippen LogP contribution is -2.41. The lowest BCUT2D eigenvalue weighted by Gasteiger charge is -2.13. The van der Waals surface area contributed by atoms with Crippen molar-refractivity contribution in [2.75, 3.05) is 27.4 Å². The molecule has 0 unspecified atom stereocenters. The topological polar surface area (TPSA) is 95.1 Å². The van der Waals surface area contributed by atoms with Crippen molar-refractivity contribution in [3.05, 3.63) is 47.5 Å². The van der Waals surface area contributed by atoms with Crippen LogP contribution in [-0.2, 0) is 0 Å². The smallest absolute Gasteiger partial charge is 0.269 e. The van der Waals surface area contributed by atoms with Crippen LogP contribution in [0.3, 0.4) is 0 Å². The molecule has 0 radical (unpaired) electrons. The fraction of sp³-hybridized carbons (Fsp3) is 0.333. The average Bonchev–Trinajstić information content (AvgIpc) is 2.75. The third kappa shape index (κ3) is 6.03. The first-order valence-electron chi connectivity index (χ1n) is 9.25. The molecule has 8 heteroatoms. The van der Waals surface area contributed by atoms with Gasteiger partial charge in [0.05, 0.1) is 27.4 Å². The lowest BCUT2D eigenvalue weighted by atomic mass is 10.2. The highest BCUT2D eigenvalue weighted by molar-refractivity contribution is 5.99. The Hall–Kier alpha value is -3.42. The van der Waals surface area contributed by atoms with Gasteiger partial charge in [0.1, 0.15) is 11.5 Å². The summed E-state index contributed by atoms with van der Waals surface area (Å²) in [6.07, 6.45) is 0.856. The molecule has 0 spiro atoms. The Morgan fingerprint density at radius 2 is 1.41 bits per heavy atom. The Morgan fingerprint density at radius 1 is 0.793 bits per heavy atom. The van der Waals surface area contributed by atoms with Crippen LogP contribution >= 0.6 is 0 Å². The maximum absolute atomic E-state index is 12.4. The van der Waals surface area contributed by atoms with Crippen molar-refractivity contribution in [3.63, 3.8) is 0 Å². The minimum atomic E-state index is -0.511. The number of nitrogens with one attached hydrogen (secondary N) is 2. The van der Waals surface area contributed by atoms with Gasteiger partial charge in [-0.1, -0.05) is 6.92 Å². The number of hydrogen-bond donors (Lipinski definition) is 2. The molecule has 2 rings (SSSR count). The van der Waals surface area contributed by atoms with Crippen LogP contribution in [0, 0.1) is 0 Å². The largest absolute Gasteiger partial charge is 0.497 e. The highest BCUT2D eigenvalue weighted by atomic mass is 16.5. The number of hydrogen-bond acceptors (Lipinski definition) is 6. The van der Waals surface area contributed by atoms with Crippen molar-refractivity contribution in [1.29, 1.82) is 0 Å². The molecule has 29 heavy (non-hydrogen) atoms. The van der Waals surface area contributed by atoms with Crippen LogP contribution in [0.2, 0.25) is 0 Å². The normalized spacial score (nSPS) is 10.1. The van der Waals surface area contributed by atoms with Gasteiger partial charge in [0.15, 0.2) is 11.5 Å². The molecule has 2 amide bonds. The van der Waals surface area contributed by atoms with Gasteiger partial charge in [0.25, 0.3) is 11.8 Å². The van der Waals surface area contributed by atoms with Gasteiger partial charge in [-0.3, -0.25) is 20.4 Å². The molecule has 0 bridgehead atoms. The van der Waals surface area contributed by atoms with Crippen molar-refractivity contribution in [2.45, 2.75) is 20.3 Å². The van der Waals surface area contributed by atoms with E-state index in [-0.39, 0.29) is 5.56 Å². The first-order valence-corrected chi connectivity index (χ1v) is 9.25. The summed E-state index contributed by atoms with van der Waals surface area (Å²) in [4.78, 5) is 24.8. The van der Waals surface area contributed by atoms with Crippen molar-refractivity contribution in [2.24, 2.45) is 0 Å². The van der Waals surface area contributed by atoms with Gasteiger partial charge in [0.2, 0.25) is 0 Å². The molecule has 2 aromatic carbocycles. The second kappa shape index (κ2) is 10.8. The van der Waals surface area contributed by atoms with Gasteiger partial charge in [-0.15, -0.1) is 0 Å². The molecule has 0 aliphatic heterocycles. The number of benzene rings is 2. The van der Waals surface area contributed by atoms with E-state index in [9.17, 15) is 9.59 Å². The maximum atomic E-state index is 12.4. The second-order valence-electron chi connectivity index (χ2n) is 5.95. The van der Waals surface area contributed by atoms with E-state index in [1.165, 1.54) is 26.4 Å². The highest BCUT2D eigenvalue weighted by Crippen LogP contribution is 2.28. The predicted octanol–water partition coefficient (Wildman–Crippen LogP) is 2.97. The molecule has 0 saturated carbocycles. The highest BCUT2D eigenvalue weighted by Gasteiger charge is 2.14. The molecular formula is C21H26N2O6. The van der Waals surface area contributed by atoms with E-state index in [2.05, 4.69) is 10.9 Å². The Bertz CT molecular complexity index is 831. The van der Waals surface area contributed by atoms with Crippen molar-refractivity contribution in [1.82, 2.24) is 10.9 Å². The summed E-state index contributed by atoms with van der Waals surface area (Å²) in [6.45, 7) is 4.83. The maximum Gasteiger partial charge on any atom is 0.269 e. The van der Waals surface area contributed by atoms with Gasteiger partial charge in [-0.25, -0.2) is 0 Å². The number of rotatable bonds is 9. The van der Waals surface area contributed by atoms with Gasteiger partial charge in [-0.05, 0) is 43.7 Å². The number of amides is 2. The number of carbonyl (C=O) groups excluding carboxylic acids is 2. The van der Waals surface area contributed by atoms with Crippen LogP contribution in [0.15, 0.2) is 36.4 Å². The molecule has 0 fully saturated rings. The summed E-state index contributed by atoms with van der Waals surface area (Å²) < 4.78 is 21.5. The molecule has 0 saturated heterocycles. The summed E-state index contributed by atoms with van der Waals surface area (Å²) in [5.74, 6) is 0.963. The zero-order valence-corrected chi connectivity index (χ0v) is 17.0. The van der Waals surface area contributed by atoms with Crippen LogP contribution in [-0.4, -0.2) is 39.2 Å². The fourth-order valence-corrected chi connectivity index (χ4v) is 2.45. The molecule has 156 valence electrons. The van der Waals surface area contributed by atoms with E-state index in [1.54, 1.807) is 24.3 Å². The summed E-state index contributed by atoms with van der Waals surface area (Å²) >= 11 is 0. The molecule has 0 heterocycles. The predicted molar refractivity (Wildman–Crippen MR) is 108 cm³/mol. The van der Waals surface area contributed by atoms with Crippen LogP contribution in [0.4, 0.5) is 0 Å². The number of carbonyl (C=O) groups is 2. The van der Waals surface area contributed by atoms with Crippen LogP contribution in [0.5, 0.6) is 23.0 Å². The lowest BCUT2D eigenvalue weighted by molar-refractivity contribution is 0.0846. The van der Waals surface area contributed by atoms with Crippen molar-refractivity contribution >= 4 is 11.8 Å². The molecule has 0 aromatic heterocycles. The summed E-state index contributed by atoms with van der Waals surface area (Å²) in [7, 11) is 2.98. The zero-order valence-electron chi connectivity index (χ0n) is 17.0. The molecule has 0 atom stereocenters. The van der Waals surface area contributed by atoms with E-state index in [0.717, 1.165) is 6.42 Å². The van der Waals surface area contributed by atoms with Crippen LogP contribution in [0.25, 0.3) is 0 Å². The molecule has 0 aliphatic rings. The number of hydrazine groups is 1. The molecule has 2 aromatic rings. The van der Waals surface area contributed by atoms with Crippen molar-refractivity contribution < 1.29 is 28.5 Å². The SMILES string of the molecule is CCCOc1ccc(C(=O)NNC(=O)c2cc(OC)cc(OC)c2)cc1OCC. The third-order valence-electron chi connectivity index (χ3n) is 3.87. The van der Waals surface area contributed by atoms with Gasteiger partial charge in [0, 0.05) is 17.2 Å². The van der Waals surface area contributed by atoms with Crippen molar-refractivity contribution in [3.8, 4) is 23.0 Å². The Morgan fingerprint density at radius 3 is 1.97 bits per heavy atom. The van der Waals surface area contributed by atoms with E-state index in [1.807, 2.05) is 13.8 Å². The zero-order chi connectivity index (χ0) is 21.2. The van der Waals surface area contributed by atoms with Gasteiger partial charge in [-0.2, -0.15) is 0 Å². The number of ether oxygens (including phenoxy) is 4. The molecule has 8 nitrogen and oxygen atoms in total. The van der Waals surface area contributed by atoms with Gasteiger partial charge < -0.3 is 18.9 Å². The Balaban J connectivity index is 2.08. The third-order valence-corrected chi connectivity index (χ3v) is 3.87. The quantitative estimate of drug-likeness (QED) is 0.626. The van der Waals surface area contributed by atoms with E-state index in [4.69, 9.17) is 18.9 Å². The van der Waals surface area contributed by atoms with Gasteiger partial charge >= 0.3 is 0 Å². The van der Waals surface area contributed by atoms with E-state index in [0.29, 0.717) is 41.8 Å². The van der Waals surface area contributed by atoms with Crippen LogP contribution in [0.1, 0.15) is 41.0 Å².